The Bertz CT molecular complexity index is 1160. The van der Waals surface area contributed by atoms with Crippen LogP contribution in [0.1, 0.15) is 29.6 Å². The average molecular weight is 462 g/mol. The van der Waals surface area contributed by atoms with E-state index in [0.717, 1.165) is 30.5 Å². The largest absolute Gasteiger partial charge is 0.298 e. The van der Waals surface area contributed by atoms with Gasteiger partial charge in [0.05, 0.1) is 21.2 Å². The third-order valence-electron chi connectivity index (χ3n) is 4.93. The van der Waals surface area contributed by atoms with Crippen LogP contribution in [-0.2, 0) is 10.0 Å². The van der Waals surface area contributed by atoms with Crippen molar-refractivity contribution >= 4 is 44.0 Å². The van der Waals surface area contributed by atoms with Gasteiger partial charge in [-0.05, 0) is 31.0 Å². The molecule has 0 spiro atoms. The van der Waals surface area contributed by atoms with Crippen molar-refractivity contribution in [3.8, 4) is 11.3 Å². The first kappa shape index (κ1) is 21.0. The van der Waals surface area contributed by atoms with Crippen LogP contribution in [0.5, 0.6) is 0 Å². The highest BCUT2D eigenvalue weighted by molar-refractivity contribution is 7.89. The summed E-state index contributed by atoms with van der Waals surface area (Å²) in [5.74, 6) is -0.496. The standard InChI is InChI=1S/C21H20ClN3O3S2/c22-18-10-9-16(30(27,28)25-11-5-2-6-12-25)13-17(18)20(26)24-21-23-19(14-29-21)15-7-3-1-4-8-15/h1,3-4,7-10,13-14H,2,5-6,11-12H2,(H,23,24,26). The summed E-state index contributed by atoms with van der Waals surface area (Å²) in [6.45, 7) is 0.988. The molecule has 0 radical (unpaired) electrons. The first-order valence-corrected chi connectivity index (χ1v) is 12.3. The van der Waals surface area contributed by atoms with E-state index < -0.39 is 15.9 Å². The van der Waals surface area contributed by atoms with Gasteiger partial charge in [0.25, 0.3) is 5.91 Å². The van der Waals surface area contributed by atoms with Crippen LogP contribution >= 0.6 is 22.9 Å². The second-order valence-electron chi connectivity index (χ2n) is 6.96. The number of halogens is 1. The monoisotopic (exact) mass is 461 g/mol. The fourth-order valence-electron chi connectivity index (χ4n) is 3.33. The van der Waals surface area contributed by atoms with Gasteiger partial charge in [-0.3, -0.25) is 10.1 Å². The van der Waals surface area contributed by atoms with Gasteiger partial charge in [-0.1, -0.05) is 48.4 Å². The van der Waals surface area contributed by atoms with Crippen LogP contribution in [0, 0.1) is 0 Å². The molecule has 0 saturated carbocycles. The van der Waals surface area contributed by atoms with Crippen LogP contribution in [0.3, 0.4) is 0 Å². The van der Waals surface area contributed by atoms with E-state index in [0.29, 0.717) is 18.2 Å². The quantitative estimate of drug-likeness (QED) is 0.586. The number of anilines is 1. The minimum absolute atomic E-state index is 0.0723. The highest BCUT2D eigenvalue weighted by atomic mass is 35.5. The van der Waals surface area contributed by atoms with Gasteiger partial charge >= 0.3 is 0 Å². The molecule has 1 amide bonds. The molecule has 2 heterocycles. The predicted octanol–water partition coefficient (Wildman–Crippen LogP) is 4.89. The predicted molar refractivity (Wildman–Crippen MR) is 120 cm³/mol. The Balaban J connectivity index is 1.56. The maximum Gasteiger partial charge on any atom is 0.259 e. The van der Waals surface area contributed by atoms with Crippen LogP contribution in [0.25, 0.3) is 11.3 Å². The maximum absolute atomic E-state index is 12.9. The van der Waals surface area contributed by atoms with Crippen molar-refractivity contribution < 1.29 is 13.2 Å². The number of hydrogen-bond donors (Lipinski definition) is 1. The number of nitrogens with one attached hydrogen (secondary N) is 1. The summed E-state index contributed by atoms with van der Waals surface area (Å²) in [6.07, 6.45) is 2.71. The minimum Gasteiger partial charge on any atom is -0.298 e. The van der Waals surface area contributed by atoms with Crippen LogP contribution in [0.2, 0.25) is 5.02 Å². The zero-order valence-corrected chi connectivity index (χ0v) is 18.4. The lowest BCUT2D eigenvalue weighted by molar-refractivity contribution is 0.102. The van der Waals surface area contributed by atoms with Crippen LogP contribution in [-0.4, -0.2) is 36.7 Å². The van der Waals surface area contributed by atoms with Gasteiger partial charge < -0.3 is 0 Å². The molecule has 0 aliphatic carbocycles. The highest BCUT2D eigenvalue weighted by Crippen LogP contribution is 2.28. The molecule has 1 aliphatic rings. The zero-order valence-electron chi connectivity index (χ0n) is 16.0. The third-order valence-corrected chi connectivity index (χ3v) is 7.91. The molecular weight excluding hydrogens is 442 g/mol. The number of aromatic nitrogens is 1. The average Bonchev–Trinajstić information content (AvgIpc) is 3.23. The van der Waals surface area contributed by atoms with Gasteiger partial charge in [-0.15, -0.1) is 11.3 Å². The van der Waals surface area contributed by atoms with E-state index in [1.54, 1.807) is 0 Å². The highest BCUT2D eigenvalue weighted by Gasteiger charge is 2.27. The van der Waals surface area contributed by atoms with Gasteiger partial charge in [-0.2, -0.15) is 4.31 Å². The summed E-state index contributed by atoms with van der Waals surface area (Å²) in [5.41, 5.74) is 1.80. The fraction of sp³-hybridized carbons (Fsp3) is 0.238. The molecule has 1 aliphatic heterocycles. The lowest BCUT2D eigenvalue weighted by Crippen LogP contribution is -2.35. The molecule has 1 fully saturated rings. The van der Waals surface area contributed by atoms with Crippen molar-refractivity contribution in [3.05, 3.63) is 64.5 Å². The lowest BCUT2D eigenvalue weighted by atomic mass is 10.2. The Morgan fingerprint density at radius 2 is 1.80 bits per heavy atom. The SMILES string of the molecule is O=C(Nc1nc(-c2ccccc2)cs1)c1cc(S(=O)(=O)N2CCCCC2)ccc1Cl. The number of piperidine rings is 1. The molecule has 3 aromatic rings. The molecule has 6 nitrogen and oxygen atoms in total. The fourth-order valence-corrected chi connectivity index (χ4v) is 5.79. The number of thiazole rings is 1. The van der Waals surface area contributed by atoms with Crippen LogP contribution in [0.15, 0.2) is 58.8 Å². The third kappa shape index (κ3) is 4.41. The Kier molecular flexibility index (Phi) is 6.19. The van der Waals surface area contributed by atoms with Crippen molar-refractivity contribution in [2.24, 2.45) is 0 Å². The summed E-state index contributed by atoms with van der Waals surface area (Å²) < 4.78 is 27.3. The minimum atomic E-state index is -3.66. The summed E-state index contributed by atoms with van der Waals surface area (Å²) >= 11 is 7.50. The molecule has 2 aromatic carbocycles. The van der Waals surface area contributed by atoms with Gasteiger partial charge in [0.2, 0.25) is 10.0 Å². The number of sulfonamides is 1. The molecule has 4 rings (SSSR count). The number of carbonyl (C=O) groups is 1. The molecule has 0 bridgehead atoms. The number of benzene rings is 2. The molecule has 1 N–H and O–H groups in total. The topological polar surface area (TPSA) is 79.4 Å². The molecule has 1 saturated heterocycles. The van der Waals surface area contributed by atoms with Gasteiger partial charge in [0, 0.05) is 24.0 Å². The Labute approximate surface area is 184 Å². The summed E-state index contributed by atoms with van der Waals surface area (Å²) in [4.78, 5) is 17.3. The molecule has 0 unspecified atom stereocenters. The van der Waals surface area contributed by atoms with Gasteiger partial charge in [-0.25, -0.2) is 13.4 Å². The van der Waals surface area contributed by atoms with E-state index >= 15 is 0 Å². The van der Waals surface area contributed by atoms with Crippen molar-refractivity contribution in [3.63, 3.8) is 0 Å². The second kappa shape index (κ2) is 8.85. The summed E-state index contributed by atoms with van der Waals surface area (Å²) in [6, 6.07) is 13.9. The van der Waals surface area contributed by atoms with Gasteiger partial charge in [0.15, 0.2) is 5.13 Å². The second-order valence-corrected chi connectivity index (χ2v) is 10.2. The van der Waals surface area contributed by atoms with E-state index in [2.05, 4.69) is 10.3 Å². The van der Waals surface area contributed by atoms with E-state index in [-0.39, 0.29) is 15.5 Å². The molecule has 30 heavy (non-hydrogen) atoms. The first-order valence-electron chi connectivity index (χ1n) is 9.57. The molecule has 1 aromatic heterocycles. The molecule has 9 heteroatoms. The Morgan fingerprint density at radius 1 is 1.07 bits per heavy atom. The van der Waals surface area contributed by atoms with Crippen molar-refractivity contribution in [2.45, 2.75) is 24.2 Å². The van der Waals surface area contributed by atoms with Crippen LogP contribution in [0.4, 0.5) is 5.13 Å². The number of carbonyl (C=O) groups excluding carboxylic acids is 1. The smallest absolute Gasteiger partial charge is 0.259 e. The number of hydrogen-bond acceptors (Lipinski definition) is 5. The summed E-state index contributed by atoms with van der Waals surface area (Å²) in [5, 5.41) is 5.18. The van der Waals surface area contributed by atoms with Crippen molar-refractivity contribution in [1.82, 2.24) is 9.29 Å². The molecule has 156 valence electrons. The van der Waals surface area contributed by atoms with E-state index in [1.165, 1.54) is 33.8 Å². The summed E-state index contributed by atoms with van der Waals surface area (Å²) in [7, 11) is -3.66. The van der Waals surface area contributed by atoms with E-state index in [1.807, 2.05) is 35.7 Å². The number of amides is 1. The molecule has 0 atom stereocenters. The molecular formula is C21H20ClN3O3S2. The van der Waals surface area contributed by atoms with E-state index in [4.69, 9.17) is 11.6 Å². The normalized spacial score (nSPS) is 15.1. The number of rotatable bonds is 5. The van der Waals surface area contributed by atoms with E-state index in [9.17, 15) is 13.2 Å². The number of nitrogens with zero attached hydrogens (tertiary/aromatic N) is 2. The van der Waals surface area contributed by atoms with Gasteiger partial charge in [0.1, 0.15) is 0 Å². The Morgan fingerprint density at radius 3 is 2.53 bits per heavy atom. The lowest BCUT2D eigenvalue weighted by Gasteiger charge is -2.26. The van der Waals surface area contributed by atoms with Crippen LogP contribution < -0.4 is 5.32 Å². The zero-order chi connectivity index (χ0) is 21.1. The Hall–Kier alpha value is -2.26. The van der Waals surface area contributed by atoms with Crippen molar-refractivity contribution in [2.75, 3.05) is 18.4 Å². The first-order chi connectivity index (χ1) is 14.4. The maximum atomic E-state index is 12.9. The van der Waals surface area contributed by atoms with Crippen molar-refractivity contribution in [1.29, 1.82) is 0 Å².